The molecule has 1 amide bonds. The number of carbonyl (C=O) groups excluding carboxylic acids is 1. The number of thiophene rings is 1. The van der Waals surface area contributed by atoms with Crippen molar-refractivity contribution < 1.29 is 4.79 Å². The molecule has 4 rings (SSSR count). The van der Waals surface area contributed by atoms with Crippen LogP contribution in [0.2, 0.25) is 0 Å². The fourth-order valence-electron chi connectivity index (χ4n) is 3.66. The first-order valence-electron chi connectivity index (χ1n) is 9.44. The van der Waals surface area contributed by atoms with Gasteiger partial charge < -0.3 is 9.88 Å². The Balaban J connectivity index is 1.45. The number of hydrogen-bond acceptors (Lipinski definition) is 4. The standard InChI is InChI=1S/C21H24N4OS/c1-2-23-21(26)20-10-9-19(27-20)18-4-3-12-24(18)14-16-5-7-17(8-6-16)25-13-11-22-15-25/h5-11,13,15,18H,2-4,12,14H2,1H3,(H,23,26)/t18-/m1/s1. The van der Waals surface area contributed by atoms with E-state index in [1.54, 1.807) is 17.5 Å². The summed E-state index contributed by atoms with van der Waals surface area (Å²) in [6.45, 7) is 4.64. The fourth-order valence-corrected chi connectivity index (χ4v) is 4.75. The Labute approximate surface area is 163 Å². The lowest BCUT2D eigenvalue weighted by Gasteiger charge is -2.23. The van der Waals surface area contributed by atoms with Gasteiger partial charge in [0.05, 0.1) is 11.2 Å². The van der Waals surface area contributed by atoms with Crippen LogP contribution in [0.25, 0.3) is 5.69 Å². The molecule has 3 aromatic rings. The van der Waals surface area contributed by atoms with Crippen molar-refractivity contribution in [1.29, 1.82) is 0 Å². The molecule has 0 radical (unpaired) electrons. The monoisotopic (exact) mass is 380 g/mol. The molecule has 2 aromatic heterocycles. The zero-order valence-corrected chi connectivity index (χ0v) is 16.3. The van der Waals surface area contributed by atoms with Gasteiger partial charge in [-0.1, -0.05) is 12.1 Å². The fraction of sp³-hybridized carbons (Fsp3) is 0.333. The third-order valence-electron chi connectivity index (χ3n) is 5.00. The lowest BCUT2D eigenvalue weighted by molar-refractivity contribution is 0.0960. The maximum atomic E-state index is 12.1. The number of nitrogens with zero attached hydrogens (tertiary/aromatic N) is 3. The third kappa shape index (κ3) is 3.96. The minimum Gasteiger partial charge on any atom is -0.352 e. The molecule has 0 spiro atoms. The Bertz CT molecular complexity index is 885. The lowest BCUT2D eigenvalue weighted by atomic mass is 10.1. The zero-order valence-electron chi connectivity index (χ0n) is 15.5. The summed E-state index contributed by atoms with van der Waals surface area (Å²) >= 11 is 1.63. The Hall–Kier alpha value is -2.44. The molecule has 0 unspecified atom stereocenters. The molecule has 1 N–H and O–H groups in total. The molecule has 140 valence electrons. The summed E-state index contributed by atoms with van der Waals surface area (Å²) in [5.74, 6) is 0.0355. The van der Waals surface area contributed by atoms with Gasteiger partial charge in [-0.2, -0.15) is 0 Å². The van der Waals surface area contributed by atoms with Gasteiger partial charge in [0.25, 0.3) is 5.91 Å². The van der Waals surface area contributed by atoms with Gasteiger partial charge in [0.2, 0.25) is 0 Å². The van der Waals surface area contributed by atoms with Crippen molar-refractivity contribution in [3.63, 3.8) is 0 Å². The highest BCUT2D eigenvalue weighted by atomic mass is 32.1. The van der Waals surface area contributed by atoms with Gasteiger partial charge in [0.15, 0.2) is 0 Å². The zero-order chi connectivity index (χ0) is 18.6. The SMILES string of the molecule is CCNC(=O)c1ccc([C@H]2CCCN2Cc2ccc(-n3ccnc3)cc2)s1. The molecular weight excluding hydrogens is 356 g/mol. The number of rotatable bonds is 6. The van der Waals surface area contributed by atoms with Crippen molar-refractivity contribution in [3.8, 4) is 5.69 Å². The third-order valence-corrected chi connectivity index (χ3v) is 6.19. The quantitative estimate of drug-likeness (QED) is 0.703. The van der Waals surface area contributed by atoms with E-state index in [4.69, 9.17) is 0 Å². The largest absolute Gasteiger partial charge is 0.352 e. The van der Waals surface area contributed by atoms with E-state index in [-0.39, 0.29) is 5.91 Å². The summed E-state index contributed by atoms with van der Waals surface area (Å²) in [5.41, 5.74) is 2.44. The van der Waals surface area contributed by atoms with Gasteiger partial charge in [0.1, 0.15) is 0 Å². The number of carbonyl (C=O) groups is 1. The van der Waals surface area contributed by atoms with Crippen LogP contribution in [0.5, 0.6) is 0 Å². The average Bonchev–Trinajstić information content (AvgIpc) is 3.44. The molecule has 0 bridgehead atoms. The van der Waals surface area contributed by atoms with Crippen LogP contribution in [-0.2, 0) is 6.54 Å². The normalized spacial score (nSPS) is 17.3. The Morgan fingerprint density at radius 1 is 1.26 bits per heavy atom. The number of hydrogen-bond donors (Lipinski definition) is 1. The number of likely N-dealkylation sites (tertiary alicyclic amines) is 1. The maximum Gasteiger partial charge on any atom is 0.261 e. The smallest absolute Gasteiger partial charge is 0.261 e. The van der Waals surface area contributed by atoms with Crippen LogP contribution >= 0.6 is 11.3 Å². The minimum absolute atomic E-state index is 0.0355. The molecule has 1 aromatic carbocycles. The van der Waals surface area contributed by atoms with Gasteiger partial charge >= 0.3 is 0 Å². The summed E-state index contributed by atoms with van der Waals surface area (Å²) in [6, 6.07) is 13.2. The molecule has 1 saturated heterocycles. The van der Waals surface area contributed by atoms with Crippen LogP contribution in [0, 0.1) is 0 Å². The molecule has 6 heteroatoms. The summed E-state index contributed by atoms with van der Waals surface area (Å²) in [6.07, 6.45) is 7.91. The molecule has 3 heterocycles. The van der Waals surface area contributed by atoms with Crippen LogP contribution in [0.15, 0.2) is 55.1 Å². The second kappa shape index (κ2) is 8.06. The molecule has 0 saturated carbocycles. The molecule has 1 aliphatic rings. The van der Waals surface area contributed by atoms with Crippen molar-refractivity contribution in [1.82, 2.24) is 19.8 Å². The second-order valence-corrected chi connectivity index (χ2v) is 7.94. The van der Waals surface area contributed by atoms with Crippen molar-refractivity contribution in [2.24, 2.45) is 0 Å². The highest BCUT2D eigenvalue weighted by Gasteiger charge is 2.27. The molecule has 1 atom stereocenters. The molecule has 1 fully saturated rings. The molecule has 1 aliphatic heterocycles. The van der Waals surface area contributed by atoms with E-state index in [9.17, 15) is 4.79 Å². The van der Waals surface area contributed by atoms with Crippen LogP contribution in [0.3, 0.4) is 0 Å². The average molecular weight is 381 g/mol. The summed E-state index contributed by atoms with van der Waals surface area (Å²) < 4.78 is 2.01. The van der Waals surface area contributed by atoms with E-state index in [1.165, 1.54) is 16.9 Å². The van der Waals surface area contributed by atoms with E-state index >= 15 is 0 Å². The predicted octanol–water partition coefficient (Wildman–Crippen LogP) is 4.02. The van der Waals surface area contributed by atoms with Crippen molar-refractivity contribution in [2.45, 2.75) is 32.4 Å². The summed E-state index contributed by atoms with van der Waals surface area (Å²) in [4.78, 5) is 20.8. The summed E-state index contributed by atoms with van der Waals surface area (Å²) in [5, 5.41) is 2.89. The molecule has 27 heavy (non-hydrogen) atoms. The van der Waals surface area contributed by atoms with E-state index in [2.05, 4.69) is 45.5 Å². The van der Waals surface area contributed by atoms with Crippen molar-refractivity contribution in [3.05, 3.63) is 70.4 Å². The molecule has 0 aliphatic carbocycles. The van der Waals surface area contributed by atoms with Gasteiger partial charge in [-0.25, -0.2) is 4.98 Å². The van der Waals surface area contributed by atoms with Crippen molar-refractivity contribution in [2.75, 3.05) is 13.1 Å². The van der Waals surface area contributed by atoms with E-state index < -0.39 is 0 Å². The minimum atomic E-state index is 0.0355. The number of aromatic nitrogens is 2. The number of imidazole rings is 1. The molecular formula is C21H24N4OS. The van der Waals surface area contributed by atoms with E-state index in [0.29, 0.717) is 12.6 Å². The van der Waals surface area contributed by atoms with Crippen LogP contribution in [-0.4, -0.2) is 33.4 Å². The molecule has 5 nitrogen and oxygen atoms in total. The Kier molecular flexibility index (Phi) is 5.36. The topological polar surface area (TPSA) is 50.2 Å². The highest BCUT2D eigenvalue weighted by molar-refractivity contribution is 7.14. The number of amides is 1. The highest BCUT2D eigenvalue weighted by Crippen LogP contribution is 2.36. The van der Waals surface area contributed by atoms with Crippen molar-refractivity contribution >= 4 is 17.2 Å². The predicted molar refractivity (Wildman–Crippen MR) is 108 cm³/mol. The number of benzene rings is 1. The first-order chi connectivity index (χ1) is 13.2. The van der Waals surface area contributed by atoms with Crippen LogP contribution in [0.4, 0.5) is 0 Å². The number of nitrogens with one attached hydrogen (secondary N) is 1. The van der Waals surface area contributed by atoms with Crippen LogP contribution in [0.1, 0.15) is 45.9 Å². The van der Waals surface area contributed by atoms with Gasteiger partial charge in [-0.3, -0.25) is 9.69 Å². The van der Waals surface area contributed by atoms with Gasteiger partial charge in [0, 0.05) is 42.1 Å². The van der Waals surface area contributed by atoms with E-state index in [0.717, 1.165) is 30.1 Å². The maximum absolute atomic E-state index is 12.1. The second-order valence-electron chi connectivity index (χ2n) is 6.83. The van der Waals surface area contributed by atoms with Gasteiger partial charge in [-0.05, 0) is 56.1 Å². The Morgan fingerprint density at radius 2 is 2.11 bits per heavy atom. The summed E-state index contributed by atoms with van der Waals surface area (Å²) in [7, 11) is 0. The first kappa shape index (κ1) is 17.9. The van der Waals surface area contributed by atoms with Gasteiger partial charge in [-0.15, -0.1) is 11.3 Å². The van der Waals surface area contributed by atoms with E-state index in [1.807, 2.05) is 30.1 Å². The lowest BCUT2D eigenvalue weighted by Crippen LogP contribution is -2.22. The Morgan fingerprint density at radius 3 is 2.85 bits per heavy atom. The first-order valence-corrected chi connectivity index (χ1v) is 10.3. The van der Waals surface area contributed by atoms with Crippen LogP contribution < -0.4 is 5.32 Å².